The van der Waals surface area contributed by atoms with Crippen LogP contribution in [0.2, 0.25) is 0 Å². The van der Waals surface area contributed by atoms with Crippen molar-refractivity contribution in [1.29, 1.82) is 0 Å². The number of aryl methyl sites for hydroxylation is 1. The monoisotopic (exact) mass is 313 g/mol. The van der Waals surface area contributed by atoms with E-state index in [-0.39, 0.29) is 11.8 Å². The lowest BCUT2D eigenvalue weighted by molar-refractivity contribution is -0.132. The quantitative estimate of drug-likeness (QED) is 0.861. The standard InChI is InChI=1S/C17H19N3O3/c1-13-15(5-11-23-13)17(22)20-9-7-19(8-10-20)16(21)12-14-4-2-3-6-18-14/h2-6,11H,7-10,12H2,1H3. The number of hydrogen-bond donors (Lipinski definition) is 0. The van der Waals surface area contributed by atoms with Crippen molar-refractivity contribution in [3.05, 3.63) is 53.7 Å². The number of furan rings is 1. The van der Waals surface area contributed by atoms with Gasteiger partial charge in [-0.1, -0.05) is 6.07 Å². The zero-order valence-corrected chi connectivity index (χ0v) is 13.1. The maximum absolute atomic E-state index is 12.4. The highest BCUT2D eigenvalue weighted by molar-refractivity contribution is 5.95. The topological polar surface area (TPSA) is 66.7 Å². The predicted octanol–water partition coefficient (Wildman–Crippen LogP) is 1.51. The SMILES string of the molecule is Cc1occc1C(=O)N1CCN(C(=O)Cc2ccccn2)CC1. The van der Waals surface area contributed by atoms with Crippen LogP contribution in [0.4, 0.5) is 0 Å². The first-order valence-corrected chi connectivity index (χ1v) is 7.66. The number of carbonyl (C=O) groups excluding carboxylic acids is 2. The molecule has 2 amide bonds. The van der Waals surface area contributed by atoms with Gasteiger partial charge in [0, 0.05) is 38.1 Å². The summed E-state index contributed by atoms with van der Waals surface area (Å²) in [5.74, 6) is 0.645. The van der Waals surface area contributed by atoms with Crippen LogP contribution < -0.4 is 0 Å². The van der Waals surface area contributed by atoms with Crippen LogP contribution in [0.15, 0.2) is 41.1 Å². The van der Waals surface area contributed by atoms with E-state index in [0.29, 0.717) is 43.9 Å². The maximum Gasteiger partial charge on any atom is 0.257 e. The zero-order chi connectivity index (χ0) is 16.2. The number of pyridine rings is 1. The summed E-state index contributed by atoms with van der Waals surface area (Å²) >= 11 is 0. The van der Waals surface area contributed by atoms with E-state index >= 15 is 0 Å². The highest BCUT2D eigenvalue weighted by atomic mass is 16.3. The summed E-state index contributed by atoms with van der Waals surface area (Å²) in [6.07, 6.45) is 3.51. The number of carbonyl (C=O) groups is 2. The predicted molar refractivity (Wildman–Crippen MR) is 83.9 cm³/mol. The summed E-state index contributed by atoms with van der Waals surface area (Å²) < 4.78 is 5.18. The van der Waals surface area contributed by atoms with Gasteiger partial charge in [0.25, 0.3) is 5.91 Å². The van der Waals surface area contributed by atoms with Crippen molar-refractivity contribution >= 4 is 11.8 Å². The third-order valence-corrected chi connectivity index (χ3v) is 4.07. The highest BCUT2D eigenvalue weighted by Gasteiger charge is 2.26. The van der Waals surface area contributed by atoms with Gasteiger partial charge in [0.1, 0.15) is 5.76 Å². The molecule has 0 saturated carbocycles. The molecular weight excluding hydrogens is 294 g/mol. The van der Waals surface area contributed by atoms with E-state index in [9.17, 15) is 9.59 Å². The molecule has 0 aliphatic carbocycles. The van der Waals surface area contributed by atoms with E-state index < -0.39 is 0 Å². The molecule has 0 bridgehead atoms. The lowest BCUT2D eigenvalue weighted by atomic mass is 10.2. The van der Waals surface area contributed by atoms with Gasteiger partial charge in [-0.2, -0.15) is 0 Å². The van der Waals surface area contributed by atoms with Crippen molar-refractivity contribution in [2.45, 2.75) is 13.3 Å². The van der Waals surface area contributed by atoms with Crippen molar-refractivity contribution in [1.82, 2.24) is 14.8 Å². The van der Waals surface area contributed by atoms with Crippen molar-refractivity contribution in [2.75, 3.05) is 26.2 Å². The minimum atomic E-state index is -0.0342. The van der Waals surface area contributed by atoms with E-state index in [1.54, 1.807) is 29.0 Å². The van der Waals surface area contributed by atoms with Crippen LogP contribution in [0.1, 0.15) is 21.8 Å². The molecule has 23 heavy (non-hydrogen) atoms. The van der Waals surface area contributed by atoms with E-state index in [0.717, 1.165) is 5.69 Å². The molecular formula is C17H19N3O3. The molecule has 6 heteroatoms. The Morgan fingerprint density at radius 1 is 1.13 bits per heavy atom. The Balaban J connectivity index is 1.55. The molecule has 0 unspecified atom stereocenters. The summed E-state index contributed by atoms with van der Waals surface area (Å²) in [6, 6.07) is 7.24. The van der Waals surface area contributed by atoms with Gasteiger partial charge in [-0.25, -0.2) is 0 Å². The van der Waals surface area contributed by atoms with E-state index in [4.69, 9.17) is 4.42 Å². The molecule has 0 aromatic carbocycles. The molecule has 1 aliphatic heterocycles. The molecule has 3 rings (SSSR count). The van der Waals surface area contributed by atoms with Gasteiger partial charge in [0.05, 0.1) is 18.2 Å². The largest absolute Gasteiger partial charge is 0.469 e. The van der Waals surface area contributed by atoms with Gasteiger partial charge >= 0.3 is 0 Å². The molecule has 0 spiro atoms. The van der Waals surface area contributed by atoms with Crippen molar-refractivity contribution in [3.8, 4) is 0 Å². The second kappa shape index (κ2) is 6.64. The van der Waals surface area contributed by atoms with Crippen LogP contribution in [0.25, 0.3) is 0 Å². The van der Waals surface area contributed by atoms with Gasteiger partial charge in [0.2, 0.25) is 5.91 Å². The van der Waals surface area contributed by atoms with Gasteiger partial charge in [-0.15, -0.1) is 0 Å². The fraction of sp³-hybridized carbons (Fsp3) is 0.353. The van der Waals surface area contributed by atoms with Crippen LogP contribution >= 0.6 is 0 Å². The summed E-state index contributed by atoms with van der Waals surface area (Å²) in [7, 11) is 0. The Labute approximate surface area is 134 Å². The molecule has 3 heterocycles. The first kappa shape index (κ1) is 15.3. The maximum atomic E-state index is 12.4. The lowest BCUT2D eigenvalue weighted by Gasteiger charge is -2.34. The molecule has 6 nitrogen and oxygen atoms in total. The normalized spacial score (nSPS) is 14.8. The van der Waals surface area contributed by atoms with Crippen molar-refractivity contribution in [2.24, 2.45) is 0 Å². The molecule has 0 N–H and O–H groups in total. The van der Waals surface area contributed by atoms with Crippen LogP contribution in [0.5, 0.6) is 0 Å². The van der Waals surface area contributed by atoms with Crippen LogP contribution in [-0.4, -0.2) is 52.8 Å². The first-order valence-electron chi connectivity index (χ1n) is 7.66. The number of hydrogen-bond acceptors (Lipinski definition) is 4. The van der Waals surface area contributed by atoms with E-state index in [1.807, 2.05) is 18.2 Å². The third-order valence-electron chi connectivity index (χ3n) is 4.07. The Morgan fingerprint density at radius 2 is 1.87 bits per heavy atom. The molecule has 0 atom stereocenters. The van der Waals surface area contributed by atoms with Gasteiger partial charge in [-0.05, 0) is 25.1 Å². The Morgan fingerprint density at radius 3 is 2.48 bits per heavy atom. The Hall–Kier alpha value is -2.63. The summed E-state index contributed by atoms with van der Waals surface area (Å²) in [4.78, 5) is 32.4. The average molecular weight is 313 g/mol. The number of nitrogens with zero attached hydrogens (tertiary/aromatic N) is 3. The highest BCUT2D eigenvalue weighted by Crippen LogP contribution is 2.14. The molecule has 2 aromatic heterocycles. The van der Waals surface area contributed by atoms with Crippen LogP contribution in [0, 0.1) is 6.92 Å². The molecule has 1 aliphatic rings. The van der Waals surface area contributed by atoms with E-state index in [2.05, 4.69) is 4.98 Å². The molecule has 1 saturated heterocycles. The first-order chi connectivity index (χ1) is 11.1. The van der Waals surface area contributed by atoms with Gasteiger partial charge in [0.15, 0.2) is 0 Å². The number of piperazine rings is 1. The second-order valence-corrected chi connectivity index (χ2v) is 5.56. The van der Waals surface area contributed by atoms with Crippen molar-refractivity contribution < 1.29 is 14.0 Å². The minimum Gasteiger partial charge on any atom is -0.469 e. The average Bonchev–Trinajstić information content (AvgIpc) is 3.01. The Bertz CT molecular complexity index is 688. The summed E-state index contributed by atoms with van der Waals surface area (Å²) in [6.45, 7) is 3.96. The third kappa shape index (κ3) is 3.41. The van der Waals surface area contributed by atoms with Gasteiger partial charge < -0.3 is 14.2 Å². The number of aromatic nitrogens is 1. The number of amides is 2. The molecule has 0 radical (unpaired) electrons. The fourth-order valence-corrected chi connectivity index (χ4v) is 2.71. The van der Waals surface area contributed by atoms with Crippen molar-refractivity contribution in [3.63, 3.8) is 0 Å². The minimum absolute atomic E-state index is 0.0342. The van der Waals surface area contributed by atoms with Crippen LogP contribution in [0.3, 0.4) is 0 Å². The molecule has 2 aromatic rings. The smallest absolute Gasteiger partial charge is 0.257 e. The Kier molecular flexibility index (Phi) is 4.41. The van der Waals surface area contributed by atoms with E-state index in [1.165, 1.54) is 6.26 Å². The second-order valence-electron chi connectivity index (χ2n) is 5.56. The fourth-order valence-electron chi connectivity index (χ4n) is 2.71. The zero-order valence-electron chi connectivity index (χ0n) is 13.1. The van der Waals surface area contributed by atoms with Crippen LogP contribution in [-0.2, 0) is 11.2 Å². The van der Waals surface area contributed by atoms with Gasteiger partial charge in [-0.3, -0.25) is 14.6 Å². The lowest BCUT2D eigenvalue weighted by Crippen LogP contribution is -2.51. The molecule has 1 fully saturated rings. The summed E-state index contributed by atoms with van der Waals surface area (Å²) in [5.41, 5.74) is 1.36. The molecule has 120 valence electrons. The number of rotatable bonds is 3. The summed E-state index contributed by atoms with van der Waals surface area (Å²) in [5, 5.41) is 0.